The van der Waals surface area contributed by atoms with E-state index in [9.17, 15) is 4.79 Å². The predicted octanol–water partition coefficient (Wildman–Crippen LogP) is 1.32. The van der Waals surface area contributed by atoms with E-state index in [2.05, 4.69) is 26.1 Å². The first-order chi connectivity index (χ1) is 8.59. The first kappa shape index (κ1) is 13.5. The molecule has 1 fully saturated rings. The van der Waals surface area contributed by atoms with Crippen LogP contribution in [0.2, 0.25) is 0 Å². The summed E-state index contributed by atoms with van der Waals surface area (Å²) in [6.45, 7) is 2.57. The van der Waals surface area contributed by atoms with E-state index in [-0.39, 0.29) is 11.9 Å². The van der Waals surface area contributed by atoms with Crippen LogP contribution in [0.15, 0.2) is 28.7 Å². The summed E-state index contributed by atoms with van der Waals surface area (Å²) in [5.41, 5.74) is 0.911. The Morgan fingerprint density at radius 3 is 3.00 bits per heavy atom. The van der Waals surface area contributed by atoms with Crippen LogP contribution in [-0.4, -0.2) is 50.6 Å². The maximum atomic E-state index is 12.4. The van der Waals surface area contributed by atoms with E-state index < -0.39 is 0 Å². The molecule has 1 aromatic carbocycles. The van der Waals surface area contributed by atoms with Crippen LogP contribution in [0.3, 0.4) is 0 Å². The number of carbonyl (C=O) groups excluding carboxylic acids is 1. The van der Waals surface area contributed by atoms with E-state index in [1.807, 2.05) is 38.4 Å². The molecule has 18 heavy (non-hydrogen) atoms. The Morgan fingerprint density at radius 2 is 2.33 bits per heavy atom. The Hall–Kier alpha value is -0.910. The summed E-state index contributed by atoms with van der Waals surface area (Å²) in [5.74, 6) is 0.128. The minimum atomic E-state index is -0.0808. The van der Waals surface area contributed by atoms with Crippen molar-refractivity contribution in [3.05, 3.63) is 28.7 Å². The lowest BCUT2D eigenvalue weighted by Crippen LogP contribution is -2.56. The Labute approximate surface area is 116 Å². The summed E-state index contributed by atoms with van der Waals surface area (Å²) >= 11 is 3.43. The van der Waals surface area contributed by atoms with Gasteiger partial charge >= 0.3 is 0 Å². The summed E-state index contributed by atoms with van der Waals surface area (Å²) in [4.78, 5) is 16.3. The first-order valence-electron chi connectivity index (χ1n) is 6.03. The molecule has 0 radical (unpaired) electrons. The number of hydrogen-bond acceptors (Lipinski definition) is 3. The van der Waals surface area contributed by atoms with Crippen molar-refractivity contribution in [2.24, 2.45) is 0 Å². The highest BCUT2D eigenvalue weighted by molar-refractivity contribution is 9.10. The predicted molar refractivity (Wildman–Crippen MR) is 76.8 cm³/mol. The molecule has 1 aromatic rings. The fraction of sp³-hybridized carbons (Fsp3) is 0.462. The number of amides is 1. The molecule has 1 aliphatic rings. The van der Waals surface area contributed by atoms with Gasteiger partial charge in [-0.05, 0) is 25.2 Å². The van der Waals surface area contributed by atoms with Crippen LogP contribution in [0.25, 0.3) is 0 Å². The van der Waals surface area contributed by atoms with Gasteiger partial charge < -0.3 is 10.2 Å². The van der Waals surface area contributed by atoms with E-state index in [0.29, 0.717) is 6.54 Å². The molecule has 0 bridgehead atoms. The first-order valence-corrected chi connectivity index (χ1v) is 6.83. The average Bonchev–Trinajstić information content (AvgIpc) is 2.37. The topological polar surface area (TPSA) is 35.6 Å². The molecule has 1 amide bonds. The molecule has 0 saturated carbocycles. The fourth-order valence-corrected chi connectivity index (χ4v) is 2.50. The maximum absolute atomic E-state index is 12.4. The van der Waals surface area contributed by atoms with Crippen molar-refractivity contribution in [2.45, 2.75) is 6.04 Å². The Morgan fingerprint density at radius 1 is 1.56 bits per heavy atom. The largest absolute Gasteiger partial charge is 0.314 e. The van der Waals surface area contributed by atoms with Crippen LogP contribution < -0.4 is 10.2 Å². The van der Waals surface area contributed by atoms with Crippen LogP contribution in [0.4, 0.5) is 5.69 Å². The molecule has 0 spiro atoms. The second-order valence-corrected chi connectivity index (χ2v) is 5.49. The molecule has 4 nitrogen and oxygen atoms in total. The molecule has 1 aliphatic heterocycles. The third-order valence-corrected chi connectivity index (χ3v) is 3.82. The van der Waals surface area contributed by atoms with E-state index >= 15 is 0 Å². The summed E-state index contributed by atoms with van der Waals surface area (Å²) in [7, 11) is 3.82. The molecule has 1 unspecified atom stereocenters. The zero-order valence-electron chi connectivity index (χ0n) is 10.7. The number of benzene rings is 1. The van der Waals surface area contributed by atoms with E-state index in [1.54, 1.807) is 4.90 Å². The summed E-state index contributed by atoms with van der Waals surface area (Å²) in [6.07, 6.45) is 0. The highest BCUT2D eigenvalue weighted by Gasteiger charge is 2.28. The van der Waals surface area contributed by atoms with Gasteiger partial charge in [0, 0.05) is 36.8 Å². The van der Waals surface area contributed by atoms with Crippen molar-refractivity contribution in [3.63, 3.8) is 0 Å². The van der Waals surface area contributed by atoms with E-state index in [4.69, 9.17) is 0 Å². The van der Waals surface area contributed by atoms with Gasteiger partial charge in [0.2, 0.25) is 5.91 Å². The van der Waals surface area contributed by atoms with Gasteiger partial charge in [0.25, 0.3) is 0 Å². The number of likely N-dealkylation sites (N-methyl/N-ethyl adjacent to an activating group) is 2. The number of hydrogen-bond donors (Lipinski definition) is 1. The normalized spacial score (nSPS) is 20.7. The van der Waals surface area contributed by atoms with Crippen LogP contribution in [-0.2, 0) is 4.79 Å². The summed E-state index contributed by atoms with van der Waals surface area (Å²) in [5, 5.41) is 3.27. The second-order valence-electron chi connectivity index (χ2n) is 4.58. The monoisotopic (exact) mass is 311 g/mol. The van der Waals surface area contributed by atoms with Gasteiger partial charge in [0.1, 0.15) is 6.04 Å². The number of anilines is 1. The molecule has 5 heteroatoms. The highest BCUT2D eigenvalue weighted by atomic mass is 79.9. The SMILES string of the molecule is CN(C(=O)C1CNCCN1C)c1cccc(Br)c1. The highest BCUT2D eigenvalue weighted by Crippen LogP contribution is 2.20. The fourth-order valence-electron chi connectivity index (χ4n) is 2.12. The molecule has 1 saturated heterocycles. The van der Waals surface area contributed by atoms with Gasteiger partial charge in [0.15, 0.2) is 0 Å². The van der Waals surface area contributed by atoms with Gasteiger partial charge in [-0.3, -0.25) is 9.69 Å². The third kappa shape index (κ3) is 2.91. The number of rotatable bonds is 2. The standard InChI is InChI=1S/C13H18BrN3O/c1-16-7-6-15-9-12(16)13(18)17(2)11-5-3-4-10(14)8-11/h3-5,8,12,15H,6-7,9H2,1-2H3. The van der Waals surface area contributed by atoms with Crippen molar-refractivity contribution < 1.29 is 4.79 Å². The van der Waals surface area contributed by atoms with Gasteiger partial charge in [-0.25, -0.2) is 0 Å². The molecule has 98 valence electrons. The number of halogens is 1. The van der Waals surface area contributed by atoms with Gasteiger partial charge in [0.05, 0.1) is 0 Å². The van der Waals surface area contributed by atoms with Gasteiger partial charge in [-0.1, -0.05) is 22.0 Å². The minimum absolute atomic E-state index is 0.0808. The number of piperazine rings is 1. The zero-order chi connectivity index (χ0) is 13.1. The number of nitrogens with zero attached hydrogens (tertiary/aromatic N) is 2. The Balaban J connectivity index is 2.13. The lowest BCUT2D eigenvalue weighted by molar-refractivity contribution is -0.123. The molecule has 1 N–H and O–H groups in total. The number of nitrogens with one attached hydrogen (secondary N) is 1. The molecule has 0 aliphatic carbocycles. The van der Waals surface area contributed by atoms with Crippen LogP contribution in [0.1, 0.15) is 0 Å². The van der Waals surface area contributed by atoms with Crippen molar-refractivity contribution in [1.82, 2.24) is 10.2 Å². The molecule has 0 aromatic heterocycles. The third-order valence-electron chi connectivity index (χ3n) is 3.32. The average molecular weight is 312 g/mol. The van der Waals surface area contributed by atoms with Crippen molar-refractivity contribution >= 4 is 27.5 Å². The Kier molecular flexibility index (Phi) is 4.37. The quantitative estimate of drug-likeness (QED) is 0.894. The van der Waals surface area contributed by atoms with Gasteiger partial charge in [-0.15, -0.1) is 0 Å². The molecular weight excluding hydrogens is 294 g/mol. The van der Waals surface area contributed by atoms with E-state index in [0.717, 1.165) is 23.2 Å². The second kappa shape index (κ2) is 5.82. The zero-order valence-corrected chi connectivity index (χ0v) is 12.3. The summed E-state index contributed by atoms with van der Waals surface area (Å²) < 4.78 is 0.981. The minimum Gasteiger partial charge on any atom is -0.314 e. The van der Waals surface area contributed by atoms with Crippen molar-refractivity contribution in [3.8, 4) is 0 Å². The van der Waals surface area contributed by atoms with Crippen molar-refractivity contribution in [2.75, 3.05) is 38.6 Å². The number of carbonyl (C=O) groups is 1. The Bertz CT molecular complexity index is 438. The lowest BCUT2D eigenvalue weighted by Gasteiger charge is -2.34. The smallest absolute Gasteiger partial charge is 0.245 e. The van der Waals surface area contributed by atoms with Crippen LogP contribution >= 0.6 is 15.9 Å². The molecular formula is C13H18BrN3O. The van der Waals surface area contributed by atoms with Crippen molar-refractivity contribution in [1.29, 1.82) is 0 Å². The molecule has 1 heterocycles. The van der Waals surface area contributed by atoms with Crippen LogP contribution in [0.5, 0.6) is 0 Å². The van der Waals surface area contributed by atoms with E-state index in [1.165, 1.54) is 0 Å². The molecule has 2 rings (SSSR count). The maximum Gasteiger partial charge on any atom is 0.245 e. The molecule has 1 atom stereocenters. The lowest BCUT2D eigenvalue weighted by atomic mass is 10.1. The van der Waals surface area contributed by atoms with Gasteiger partial charge in [-0.2, -0.15) is 0 Å². The summed E-state index contributed by atoms with van der Waals surface area (Å²) in [6, 6.07) is 7.71. The van der Waals surface area contributed by atoms with Crippen LogP contribution in [0, 0.1) is 0 Å².